The normalized spacial score (nSPS) is 13.0. The quantitative estimate of drug-likeness (QED) is 0.554. The number of aliphatic hydroxyl groups is 1. The Hall–Kier alpha value is -1.95. The zero-order chi connectivity index (χ0) is 18.5. The van der Waals surface area contributed by atoms with Gasteiger partial charge >= 0.3 is 7.48 Å². The number of rotatable bonds is 4. The molecule has 0 spiro atoms. The first-order valence-electron chi connectivity index (χ1n) is 8.81. The van der Waals surface area contributed by atoms with Gasteiger partial charge in [-0.25, -0.2) is 0 Å². The lowest BCUT2D eigenvalue weighted by Gasteiger charge is -2.37. The van der Waals surface area contributed by atoms with E-state index in [0.29, 0.717) is 7.48 Å². The maximum atomic E-state index is 10.3. The Kier molecular flexibility index (Phi) is 4.06. The molecule has 0 saturated carbocycles. The minimum absolute atomic E-state index is 0.465. The van der Waals surface area contributed by atoms with Crippen LogP contribution in [0.5, 0.6) is 0 Å². The number of hydrogen-bond acceptors (Lipinski definition) is 4. The molecule has 0 aliphatic carbocycles. The van der Waals surface area contributed by atoms with Gasteiger partial charge in [0, 0.05) is 16.3 Å². The molecule has 0 fully saturated rings. The standard InChI is InChI=1S/C21H22BNO2S/c1-20(2,24)21(3,4)25-22-14-9-7-13-8-10-15-18-17(6-5-11-23-18)26-19(15)16(13)12-14/h5-12,22,24H,1-4H3. The Labute approximate surface area is 157 Å². The molecule has 4 rings (SSSR count). The molecular weight excluding hydrogens is 341 g/mol. The van der Waals surface area contributed by atoms with E-state index >= 15 is 0 Å². The molecule has 0 atom stereocenters. The fraction of sp³-hybridized carbons (Fsp3) is 0.286. The summed E-state index contributed by atoms with van der Waals surface area (Å²) in [5, 5.41) is 13.9. The van der Waals surface area contributed by atoms with Gasteiger partial charge in [0.25, 0.3) is 0 Å². The van der Waals surface area contributed by atoms with Crippen molar-refractivity contribution in [3.05, 3.63) is 48.7 Å². The molecule has 2 aromatic carbocycles. The van der Waals surface area contributed by atoms with Crippen LogP contribution < -0.4 is 5.46 Å². The minimum Gasteiger partial charge on any atom is -0.427 e. The van der Waals surface area contributed by atoms with Crippen LogP contribution in [0.15, 0.2) is 48.7 Å². The Morgan fingerprint density at radius 3 is 2.58 bits per heavy atom. The molecule has 0 amide bonds. The predicted octanol–water partition coefficient (Wildman–Crippen LogP) is 4.15. The van der Waals surface area contributed by atoms with E-state index in [2.05, 4.69) is 41.4 Å². The average Bonchev–Trinajstić information content (AvgIpc) is 2.98. The predicted molar refractivity (Wildman–Crippen MR) is 113 cm³/mol. The van der Waals surface area contributed by atoms with Crippen LogP contribution in [0.1, 0.15) is 27.7 Å². The molecule has 0 aliphatic rings. The van der Waals surface area contributed by atoms with E-state index in [9.17, 15) is 5.11 Å². The smallest absolute Gasteiger partial charge is 0.309 e. The third kappa shape index (κ3) is 2.90. The zero-order valence-corrected chi connectivity index (χ0v) is 16.4. The van der Waals surface area contributed by atoms with E-state index in [1.807, 2.05) is 26.1 Å². The molecule has 0 aliphatic heterocycles. The topological polar surface area (TPSA) is 42.4 Å². The van der Waals surface area contributed by atoms with Crippen molar-refractivity contribution in [3.8, 4) is 0 Å². The lowest BCUT2D eigenvalue weighted by atomic mass is 9.82. The van der Waals surface area contributed by atoms with Gasteiger partial charge in [-0.05, 0) is 50.6 Å². The second-order valence-corrected chi connectivity index (χ2v) is 8.86. The summed E-state index contributed by atoms with van der Waals surface area (Å²) < 4.78 is 8.51. The molecule has 26 heavy (non-hydrogen) atoms. The maximum Gasteiger partial charge on any atom is 0.309 e. The molecule has 0 bridgehead atoms. The van der Waals surface area contributed by atoms with Crippen molar-refractivity contribution in [2.75, 3.05) is 0 Å². The summed E-state index contributed by atoms with van der Waals surface area (Å²) in [5.74, 6) is 0. The van der Waals surface area contributed by atoms with Crippen LogP contribution >= 0.6 is 11.3 Å². The van der Waals surface area contributed by atoms with E-state index < -0.39 is 11.2 Å². The zero-order valence-electron chi connectivity index (χ0n) is 15.5. The highest BCUT2D eigenvalue weighted by Gasteiger charge is 2.35. The largest absolute Gasteiger partial charge is 0.427 e. The van der Waals surface area contributed by atoms with E-state index in [-0.39, 0.29) is 0 Å². The summed E-state index contributed by atoms with van der Waals surface area (Å²) in [5.41, 5.74) is 0.635. The number of nitrogens with zero attached hydrogens (tertiary/aromatic N) is 1. The van der Waals surface area contributed by atoms with Crippen molar-refractivity contribution in [1.29, 1.82) is 0 Å². The lowest BCUT2D eigenvalue weighted by molar-refractivity contribution is -0.0893. The SMILES string of the molecule is CC(C)(O)C(C)(C)OBc1ccc2ccc3c4ncccc4sc3c2c1. The van der Waals surface area contributed by atoms with Crippen molar-refractivity contribution in [1.82, 2.24) is 4.98 Å². The van der Waals surface area contributed by atoms with Gasteiger partial charge in [-0.1, -0.05) is 35.8 Å². The van der Waals surface area contributed by atoms with Crippen molar-refractivity contribution >= 4 is 55.4 Å². The lowest BCUT2D eigenvalue weighted by Crippen LogP contribution is -2.49. The molecule has 0 saturated heterocycles. The van der Waals surface area contributed by atoms with Gasteiger partial charge in [0.1, 0.15) is 0 Å². The Balaban J connectivity index is 1.77. The molecular formula is C21H22BNO2S. The number of hydrogen-bond donors (Lipinski definition) is 1. The van der Waals surface area contributed by atoms with Crippen LogP contribution in [-0.4, -0.2) is 28.8 Å². The van der Waals surface area contributed by atoms with E-state index in [1.165, 1.54) is 25.6 Å². The van der Waals surface area contributed by atoms with Crippen molar-refractivity contribution in [3.63, 3.8) is 0 Å². The van der Waals surface area contributed by atoms with Crippen LogP contribution in [-0.2, 0) is 4.65 Å². The van der Waals surface area contributed by atoms with Crippen LogP contribution in [0.3, 0.4) is 0 Å². The highest BCUT2D eigenvalue weighted by Crippen LogP contribution is 2.36. The summed E-state index contributed by atoms with van der Waals surface area (Å²) in [7, 11) is 0.465. The van der Waals surface area contributed by atoms with Crippen LogP contribution in [0.2, 0.25) is 0 Å². The second-order valence-electron chi connectivity index (χ2n) is 7.81. The van der Waals surface area contributed by atoms with Crippen LogP contribution in [0.4, 0.5) is 0 Å². The number of pyridine rings is 1. The first-order chi connectivity index (χ1) is 12.3. The van der Waals surface area contributed by atoms with Crippen molar-refractivity contribution < 1.29 is 9.76 Å². The summed E-state index contributed by atoms with van der Waals surface area (Å²) in [6.45, 7) is 7.40. The van der Waals surface area contributed by atoms with E-state index in [4.69, 9.17) is 4.65 Å². The summed E-state index contributed by atoms with van der Waals surface area (Å²) in [6.07, 6.45) is 1.85. The Bertz CT molecular complexity index is 1110. The average molecular weight is 363 g/mol. The summed E-state index contributed by atoms with van der Waals surface area (Å²) in [4.78, 5) is 4.55. The molecule has 1 N–H and O–H groups in total. The molecule has 4 aromatic rings. The molecule has 2 aromatic heterocycles. The molecule has 3 nitrogen and oxygen atoms in total. The van der Waals surface area contributed by atoms with Gasteiger partial charge in [-0.3, -0.25) is 4.98 Å². The van der Waals surface area contributed by atoms with Gasteiger partial charge in [0.05, 0.1) is 21.4 Å². The van der Waals surface area contributed by atoms with Gasteiger partial charge in [0.2, 0.25) is 0 Å². The van der Waals surface area contributed by atoms with Crippen LogP contribution in [0.25, 0.3) is 31.1 Å². The van der Waals surface area contributed by atoms with E-state index in [0.717, 1.165) is 11.0 Å². The summed E-state index contributed by atoms with van der Waals surface area (Å²) in [6, 6.07) is 14.9. The molecule has 2 heterocycles. The van der Waals surface area contributed by atoms with Gasteiger partial charge in [-0.15, -0.1) is 11.3 Å². The first kappa shape index (κ1) is 17.5. The molecule has 0 radical (unpaired) electrons. The molecule has 132 valence electrons. The first-order valence-corrected chi connectivity index (χ1v) is 9.63. The molecule has 5 heteroatoms. The second kappa shape index (κ2) is 6.05. The van der Waals surface area contributed by atoms with E-state index in [1.54, 1.807) is 25.2 Å². The Morgan fingerprint density at radius 2 is 1.81 bits per heavy atom. The molecule has 0 unspecified atom stereocenters. The monoisotopic (exact) mass is 363 g/mol. The fourth-order valence-electron chi connectivity index (χ4n) is 2.95. The van der Waals surface area contributed by atoms with Crippen molar-refractivity contribution in [2.24, 2.45) is 0 Å². The number of benzene rings is 2. The van der Waals surface area contributed by atoms with Crippen molar-refractivity contribution in [2.45, 2.75) is 38.9 Å². The number of thiophene rings is 1. The Morgan fingerprint density at radius 1 is 1.04 bits per heavy atom. The minimum atomic E-state index is -0.908. The highest BCUT2D eigenvalue weighted by molar-refractivity contribution is 7.26. The highest BCUT2D eigenvalue weighted by atomic mass is 32.1. The summed E-state index contributed by atoms with van der Waals surface area (Å²) >= 11 is 1.78. The maximum absolute atomic E-state index is 10.3. The third-order valence-corrected chi connectivity index (χ3v) is 6.54. The third-order valence-electron chi connectivity index (χ3n) is 5.35. The fourth-order valence-corrected chi connectivity index (χ4v) is 4.14. The number of fused-ring (bicyclic) bond motifs is 5. The van der Waals surface area contributed by atoms with Gasteiger partial charge < -0.3 is 9.76 Å². The van der Waals surface area contributed by atoms with Gasteiger partial charge in [0.15, 0.2) is 0 Å². The van der Waals surface area contributed by atoms with Crippen LogP contribution in [0, 0.1) is 0 Å². The van der Waals surface area contributed by atoms with Gasteiger partial charge in [-0.2, -0.15) is 0 Å². The number of aromatic nitrogens is 1.